The van der Waals surface area contributed by atoms with E-state index in [-0.39, 0.29) is 11.9 Å². The van der Waals surface area contributed by atoms with Crippen LogP contribution in [-0.2, 0) is 11.2 Å². The highest BCUT2D eigenvalue weighted by molar-refractivity contribution is 5.87. The van der Waals surface area contributed by atoms with Crippen molar-refractivity contribution in [3.8, 4) is 16.9 Å². The van der Waals surface area contributed by atoms with Crippen molar-refractivity contribution in [1.82, 2.24) is 5.32 Å². The van der Waals surface area contributed by atoms with Crippen molar-refractivity contribution in [2.24, 2.45) is 0 Å². The maximum atomic E-state index is 11.9. The van der Waals surface area contributed by atoms with Gasteiger partial charge in [0.2, 0.25) is 0 Å². The molecule has 2 aromatic rings. The molecule has 1 saturated carbocycles. The maximum absolute atomic E-state index is 11.9. The molecule has 1 fully saturated rings. The largest absolute Gasteiger partial charge is 0.494 e. The summed E-state index contributed by atoms with van der Waals surface area (Å²) in [6, 6.07) is 16.4. The van der Waals surface area contributed by atoms with E-state index in [2.05, 4.69) is 41.7 Å². The van der Waals surface area contributed by atoms with E-state index in [4.69, 9.17) is 4.74 Å². The third kappa shape index (κ3) is 4.40. The summed E-state index contributed by atoms with van der Waals surface area (Å²) in [5.74, 6) is 0.635. The van der Waals surface area contributed by atoms with E-state index in [0.717, 1.165) is 28.9 Å². The maximum Gasteiger partial charge on any atom is 0.252 e. The van der Waals surface area contributed by atoms with Crippen molar-refractivity contribution in [2.45, 2.75) is 44.8 Å². The summed E-state index contributed by atoms with van der Waals surface area (Å²) in [7, 11) is 0. The minimum Gasteiger partial charge on any atom is -0.494 e. The normalized spacial score (nSPS) is 16.1. The number of hydrogen-bond donors (Lipinski definition) is 2. The Balaban J connectivity index is 1.58. The van der Waals surface area contributed by atoms with Crippen molar-refractivity contribution in [1.29, 1.82) is 0 Å². The van der Waals surface area contributed by atoms with Gasteiger partial charge in [0.05, 0.1) is 6.61 Å². The van der Waals surface area contributed by atoms with E-state index >= 15 is 0 Å². The topological polar surface area (TPSA) is 58.6 Å². The molecule has 1 atom stereocenters. The van der Waals surface area contributed by atoms with Gasteiger partial charge in [0.25, 0.3) is 5.91 Å². The van der Waals surface area contributed by atoms with Crippen LogP contribution >= 0.6 is 0 Å². The van der Waals surface area contributed by atoms with Gasteiger partial charge in [-0.25, -0.2) is 0 Å². The predicted octanol–water partition coefficient (Wildman–Crippen LogP) is 3.32. The molecule has 1 amide bonds. The summed E-state index contributed by atoms with van der Waals surface area (Å²) in [5.41, 5.74) is 2.35. The quantitative estimate of drug-likeness (QED) is 0.813. The van der Waals surface area contributed by atoms with E-state index in [9.17, 15) is 9.90 Å². The van der Waals surface area contributed by atoms with E-state index in [0.29, 0.717) is 19.4 Å². The Morgan fingerprint density at radius 2 is 1.68 bits per heavy atom. The minimum atomic E-state index is -1.11. The van der Waals surface area contributed by atoms with Crippen LogP contribution in [0.2, 0.25) is 0 Å². The van der Waals surface area contributed by atoms with Gasteiger partial charge in [-0.2, -0.15) is 0 Å². The first-order valence-electron chi connectivity index (χ1n) is 8.86. The lowest BCUT2D eigenvalue weighted by Crippen LogP contribution is -2.42. The second-order valence-electron chi connectivity index (χ2n) is 6.76. The first-order valence-corrected chi connectivity index (χ1v) is 8.86. The number of carbonyl (C=O) groups is 1. The summed E-state index contributed by atoms with van der Waals surface area (Å²) in [6.07, 6.45) is 1.88. The molecule has 2 aromatic carbocycles. The zero-order valence-electron chi connectivity index (χ0n) is 14.8. The molecule has 0 aliphatic heterocycles. The van der Waals surface area contributed by atoms with Crippen molar-refractivity contribution in [2.75, 3.05) is 6.61 Å². The van der Waals surface area contributed by atoms with Gasteiger partial charge in [-0.15, -0.1) is 0 Å². The van der Waals surface area contributed by atoms with Crippen LogP contribution in [0.4, 0.5) is 0 Å². The number of amides is 1. The second kappa shape index (κ2) is 7.28. The van der Waals surface area contributed by atoms with Crippen molar-refractivity contribution < 1.29 is 14.6 Å². The Kier molecular flexibility index (Phi) is 5.09. The number of benzene rings is 2. The number of carbonyl (C=O) groups excluding carboxylic acids is 1. The Morgan fingerprint density at radius 3 is 2.20 bits per heavy atom. The fourth-order valence-corrected chi connectivity index (χ4v) is 2.85. The molecule has 0 spiro atoms. The summed E-state index contributed by atoms with van der Waals surface area (Å²) in [6.45, 7) is 4.60. The highest BCUT2D eigenvalue weighted by Gasteiger charge is 2.48. The Hall–Kier alpha value is -2.33. The molecule has 0 aromatic heterocycles. The summed E-state index contributed by atoms with van der Waals surface area (Å²) in [4.78, 5) is 11.9. The Labute approximate surface area is 148 Å². The van der Waals surface area contributed by atoms with Crippen LogP contribution < -0.4 is 10.1 Å². The SMILES string of the molecule is CCOc1ccc(-c2ccc(CC(C)NC(=O)C3(O)CC3)cc2)cc1. The molecule has 4 heteroatoms. The van der Waals surface area contributed by atoms with Crippen LogP contribution in [0.15, 0.2) is 48.5 Å². The third-order valence-corrected chi connectivity index (χ3v) is 4.52. The standard InChI is InChI=1S/C21H25NO3/c1-3-25-19-10-8-18(9-11-19)17-6-4-16(5-7-17)14-15(2)22-20(23)21(24)12-13-21/h4-11,15,24H,3,12-14H2,1-2H3,(H,22,23). The number of aliphatic hydroxyl groups is 1. The van der Waals surface area contributed by atoms with Crippen LogP contribution in [0.25, 0.3) is 11.1 Å². The van der Waals surface area contributed by atoms with Gasteiger partial charge in [0.1, 0.15) is 11.4 Å². The lowest BCUT2D eigenvalue weighted by molar-refractivity contribution is -0.132. The molecule has 1 unspecified atom stereocenters. The van der Waals surface area contributed by atoms with Gasteiger partial charge in [0, 0.05) is 6.04 Å². The van der Waals surface area contributed by atoms with Gasteiger partial charge >= 0.3 is 0 Å². The van der Waals surface area contributed by atoms with Crippen LogP contribution in [0.3, 0.4) is 0 Å². The molecule has 132 valence electrons. The smallest absolute Gasteiger partial charge is 0.252 e. The summed E-state index contributed by atoms with van der Waals surface area (Å²) < 4.78 is 5.47. The number of nitrogens with one attached hydrogen (secondary N) is 1. The molecule has 1 aliphatic rings. The molecule has 25 heavy (non-hydrogen) atoms. The molecule has 0 heterocycles. The Bertz CT molecular complexity index is 718. The summed E-state index contributed by atoms with van der Waals surface area (Å²) >= 11 is 0. The van der Waals surface area contributed by atoms with Gasteiger partial charge < -0.3 is 15.2 Å². The minimum absolute atomic E-state index is 0.00606. The molecular weight excluding hydrogens is 314 g/mol. The molecule has 3 rings (SSSR count). The van der Waals surface area contributed by atoms with Gasteiger partial charge in [-0.1, -0.05) is 36.4 Å². The first-order chi connectivity index (χ1) is 12.0. The van der Waals surface area contributed by atoms with Crippen LogP contribution in [-0.4, -0.2) is 29.3 Å². The average molecular weight is 339 g/mol. The average Bonchev–Trinajstić information content (AvgIpc) is 3.36. The molecule has 0 radical (unpaired) electrons. The van der Waals surface area contributed by atoms with Crippen molar-refractivity contribution >= 4 is 5.91 Å². The zero-order valence-corrected chi connectivity index (χ0v) is 14.8. The Morgan fingerprint density at radius 1 is 1.12 bits per heavy atom. The lowest BCUT2D eigenvalue weighted by atomic mass is 10.0. The van der Waals surface area contributed by atoms with Gasteiger partial charge in [-0.05, 0) is 61.9 Å². The number of ether oxygens (including phenoxy) is 1. The predicted molar refractivity (Wildman–Crippen MR) is 98.5 cm³/mol. The van der Waals surface area contributed by atoms with E-state index in [1.807, 2.05) is 26.0 Å². The highest BCUT2D eigenvalue weighted by Crippen LogP contribution is 2.35. The monoisotopic (exact) mass is 339 g/mol. The summed E-state index contributed by atoms with van der Waals surface area (Å²) in [5, 5.41) is 12.7. The zero-order chi connectivity index (χ0) is 17.9. The molecule has 4 nitrogen and oxygen atoms in total. The molecule has 1 aliphatic carbocycles. The number of rotatable bonds is 7. The fourth-order valence-electron chi connectivity index (χ4n) is 2.85. The molecule has 0 saturated heterocycles. The third-order valence-electron chi connectivity index (χ3n) is 4.52. The molecule has 0 bridgehead atoms. The van der Waals surface area contributed by atoms with E-state index < -0.39 is 5.60 Å². The molecule has 2 N–H and O–H groups in total. The lowest BCUT2D eigenvalue weighted by Gasteiger charge is -2.16. The van der Waals surface area contributed by atoms with Gasteiger partial charge in [0.15, 0.2) is 0 Å². The first kappa shape index (κ1) is 17.5. The van der Waals surface area contributed by atoms with E-state index in [1.54, 1.807) is 0 Å². The van der Waals surface area contributed by atoms with Crippen LogP contribution in [0.5, 0.6) is 5.75 Å². The van der Waals surface area contributed by atoms with Gasteiger partial charge in [-0.3, -0.25) is 4.79 Å². The number of hydrogen-bond acceptors (Lipinski definition) is 3. The van der Waals surface area contributed by atoms with E-state index in [1.165, 1.54) is 0 Å². The van der Waals surface area contributed by atoms with Crippen molar-refractivity contribution in [3.05, 3.63) is 54.1 Å². The van der Waals surface area contributed by atoms with Crippen molar-refractivity contribution in [3.63, 3.8) is 0 Å². The fraction of sp³-hybridized carbons (Fsp3) is 0.381. The second-order valence-corrected chi connectivity index (χ2v) is 6.76. The van der Waals surface area contributed by atoms with Crippen LogP contribution in [0, 0.1) is 0 Å². The molecular formula is C21H25NO3. The highest BCUT2D eigenvalue weighted by atomic mass is 16.5. The van der Waals surface area contributed by atoms with Crippen LogP contribution in [0.1, 0.15) is 32.3 Å².